The highest BCUT2D eigenvalue weighted by Gasteiger charge is 2.30. The van der Waals surface area contributed by atoms with Crippen molar-refractivity contribution in [3.8, 4) is 0 Å². The fraction of sp³-hybridized carbons (Fsp3) is 0.533. The maximum Gasteiger partial charge on any atom is 0.319 e. The molecule has 0 aromatic heterocycles. The molecule has 1 fully saturated rings. The van der Waals surface area contributed by atoms with Crippen molar-refractivity contribution < 1.29 is 9.53 Å². The predicted molar refractivity (Wildman–Crippen MR) is 79.9 cm³/mol. The molecule has 1 atom stereocenters. The third kappa shape index (κ3) is 3.71. The molecular weight excluding hydrogens is 254 g/mol. The molecule has 0 spiro atoms. The quantitative estimate of drug-likeness (QED) is 0.773. The van der Waals surface area contributed by atoms with Crippen LogP contribution in [0.2, 0.25) is 0 Å². The van der Waals surface area contributed by atoms with Gasteiger partial charge < -0.3 is 20.7 Å². The standard InChI is InChI=1S/C15H23N3O2/c1-10(16-2)11-5-4-6-12(7-11)17-15(19)18-13-8-14(9-13)20-3/h4-7,10,13-14,16H,8-9H2,1-3H3,(H2,17,18,19). The van der Waals surface area contributed by atoms with Gasteiger partial charge >= 0.3 is 6.03 Å². The number of ether oxygens (including phenoxy) is 1. The van der Waals surface area contributed by atoms with Gasteiger partial charge in [-0.05, 0) is 44.5 Å². The average molecular weight is 277 g/mol. The number of methoxy groups -OCH3 is 1. The average Bonchev–Trinajstić information content (AvgIpc) is 2.41. The molecule has 20 heavy (non-hydrogen) atoms. The molecule has 0 saturated heterocycles. The van der Waals surface area contributed by atoms with Crippen LogP contribution in [0.5, 0.6) is 0 Å². The lowest BCUT2D eigenvalue weighted by Gasteiger charge is -2.34. The summed E-state index contributed by atoms with van der Waals surface area (Å²) in [5.74, 6) is 0. The van der Waals surface area contributed by atoms with E-state index in [2.05, 4.69) is 22.9 Å². The summed E-state index contributed by atoms with van der Waals surface area (Å²) in [5, 5.41) is 9.00. The van der Waals surface area contributed by atoms with Crippen LogP contribution in [0.1, 0.15) is 31.4 Å². The van der Waals surface area contributed by atoms with Crippen LogP contribution in [0.4, 0.5) is 10.5 Å². The summed E-state index contributed by atoms with van der Waals surface area (Å²) in [4.78, 5) is 11.9. The van der Waals surface area contributed by atoms with Gasteiger partial charge in [0.1, 0.15) is 0 Å². The number of anilines is 1. The molecule has 0 bridgehead atoms. The SMILES string of the molecule is CNC(C)c1cccc(NC(=O)NC2CC(OC)C2)c1. The number of benzene rings is 1. The van der Waals surface area contributed by atoms with Crippen molar-refractivity contribution in [2.24, 2.45) is 0 Å². The van der Waals surface area contributed by atoms with Gasteiger partial charge in [-0.3, -0.25) is 0 Å². The third-order valence-electron chi connectivity index (χ3n) is 3.84. The van der Waals surface area contributed by atoms with Gasteiger partial charge in [-0.2, -0.15) is 0 Å². The second-order valence-corrected chi connectivity index (χ2v) is 5.26. The Morgan fingerprint density at radius 3 is 2.80 bits per heavy atom. The van der Waals surface area contributed by atoms with E-state index in [0.717, 1.165) is 24.1 Å². The fourth-order valence-electron chi connectivity index (χ4n) is 2.28. The number of hydrogen-bond acceptors (Lipinski definition) is 3. The molecular formula is C15H23N3O2. The Morgan fingerprint density at radius 2 is 2.15 bits per heavy atom. The molecule has 0 aliphatic heterocycles. The van der Waals surface area contributed by atoms with Gasteiger partial charge in [0.15, 0.2) is 0 Å². The first-order chi connectivity index (χ1) is 9.62. The van der Waals surface area contributed by atoms with Crippen LogP contribution < -0.4 is 16.0 Å². The van der Waals surface area contributed by atoms with E-state index in [1.807, 2.05) is 31.3 Å². The first kappa shape index (κ1) is 14.8. The van der Waals surface area contributed by atoms with E-state index >= 15 is 0 Å². The summed E-state index contributed by atoms with van der Waals surface area (Å²) in [6.45, 7) is 2.08. The Balaban J connectivity index is 1.85. The molecule has 5 nitrogen and oxygen atoms in total. The minimum absolute atomic E-state index is 0.154. The monoisotopic (exact) mass is 277 g/mol. The lowest BCUT2D eigenvalue weighted by atomic mass is 9.89. The minimum atomic E-state index is -0.154. The number of hydrogen-bond donors (Lipinski definition) is 3. The van der Waals surface area contributed by atoms with Gasteiger partial charge in [0.25, 0.3) is 0 Å². The number of nitrogens with one attached hydrogen (secondary N) is 3. The van der Waals surface area contributed by atoms with Crippen LogP contribution in [0, 0.1) is 0 Å². The first-order valence-corrected chi connectivity index (χ1v) is 7.00. The number of carbonyl (C=O) groups excluding carboxylic acids is 1. The Morgan fingerprint density at radius 1 is 1.40 bits per heavy atom. The van der Waals surface area contributed by atoms with E-state index in [0.29, 0.717) is 6.10 Å². The lowest BCUT2D eigenvalue weighted by Crippen LogP contribution is -2.48. The van der Waals surface area contributed by atoms with E-state index in [1.54, 1.807) is 7.11 Å². The van der Waals surface area contributed by atoms with E-state index in [1.165, 1.54) is 0 Å². The molecule has 110 valence electrons. The zero-order chi connectivity index (χ0) is 14.5. The molecule has 1 saturated carbocycles. The predicted octanol–water partition coefficient (Wildman–Crippen LogP) is 2.27. The highest BCUT2D eigenvalue weighted by molar-refractivity contribution is 5.89. The Labute approximate surface area is 120 Å². The Bertz CT molecular complexity index is 458. The summed E-state index contributed by atoms with van der Waals surface area (Å²) < 4.78 is 5.19. The molecule has 1 aromatic carbocycles. The molecule has 1 aliphatic carbocycles. The number of urea groups is 1. The molecule has 1 aromatic rings. The van der Waals surface area contributed by atoms with Crippen LogP contribution in [-0.4, -0.2) is 32.3 Å². The molecule has 2 amide bonds. The van der Waals surface area contributed by atoms with Gasteiger partial charge in [0.2, 0.25) is 0 Å². The Kier molecular flexibility index (Phi) is 4.98. The second kappa shape index (κ2) is 6.72. The fourth-order valence-corrected chi connectivity index (χ4v) is 2.28. The molecule has 0 heterocycles. The third-order valence-corrected chi connectivity index (χ3v) is 3.84. The smallest absolute Gasteiger partial charge is 0.319 e. The summed E-state index contributed by atoms with van der Waals surface area (Å²) in [7, 11) is 3.62. The van der Waals surface area contributed by atoms with Crippen molar-refractivity contribution in [3.05, 3.63) is 29.8 Å². The van der Waals surface area contributed by atoms with Crippen molar-refractivity contribution in [2.75, 3.05) is 19.5 Å². The van der Waals surface area contributed by atoms with Crippen molar-refractivity contribution in [3.63, 3.8) is 0 Å². The van der Waals surface area contributed by atoms with Gasteiger partial charge in [-0.15, -0.1) is 0 Å². The van der Waals surface area contributed by atoms with Gasteiger partial charge in [-0.25, -0.2) is 4.79 Å². The van der Waals surface area contributed by atoms with Crippen molar-refractivity contribution >= 4 is 11.7 Å². The summed E-state index contributed by atoms with van der Waals surface area (Å²) in [5.41, 5.74) is 1.96. The summed E-state index contributed by atoms with van der Waals surface area (Å²) in [6.07, 6.45) is 2.07. The lowest BCUT2D eigenvalue weighted by molar-refractivity contribution is 0.0210. The van der Waals surface area contributed by atoms with Crippen LogP contribution >= 0.6 is 0 Å². The molecule has 0 radical (unpaired) electrons. The Hall–Kier alpha value is -1.59. The van der Waals surface area contributed by atoms with E-state index in [4.69, 9.17) is 4.74 Å². The van der Waals surface area contributed by atoms with Crippen molar-refractivity contribution in [1.29, 1.82) is 0 Å². The largest absolute Gasteiger partial charge is 0.381 e. The summed E-state index contributed by atoms with van der Waals surface area (Å²) in [6, 6.07) is 8.19. The van der Waals surface area contributed by atoms with Crippen LogP contribution in [0.25, 0.3) is 0 Å². The highest BCUT2D eigenvalue weighted by Crippen LogP contribution is 2.22. The van der Waals surface area contributed by atoms with Crippen molar-refractivity contribution in [2.45, 2.75) is 38.0 Å². The molecule has 5 heteroatoms. The molecule has 1 unspecified atom stereocenters. The molecule has 3 N–H and O–H groups in total. The zero-order valence-corrected chi connectivity index (χ0v) is 12.3. The molecule has 2 rings (SSSR count). The van der Waals surface area contributed by atoms with E-state index in [9.17, 15) is 4.79 Å². The number of rotatable bonds is 5. The maximum absolute atomic E-state index is 11.9. The van der Waals surface area contributed by atoms with Crippen LogP contribution in [-0.2, 0) is 4.74 Å². The van der Waals surface area contributed by atoms with E-state index < -0.39 is 0 Å². The van der Waals surface area contributed by atoms with Crippen molar-refractivity contribution in [1.82, 2.24) is 10.6 Å². The van der Waals surface area contributed by atoms with Crippen LogP contribution in [0.15, 0.2) is 24.3 Å². The minimum Gasteiger partial charge on any atom is -0.381 e. The first-order valence-electron chi connectivity index (χ1n) is 7.00. The highest BCUT2D eigenvalue weighted by atomic mass is 16.5. The molecule has 1 aliphatic rings. The van der Waals surface area contributed by atoms with Crippen LogP contribution in [0.3, 0.4) is 0 Å². The summed E-state index contributed by atoms with van der Waals surface area (Å²) >= 11 is 0. The maximum atomic E-state index is 11.9. The van der Waals surface area contributed by atoms with E-state index in [-0.39, 0.29) is 18.1 Å². The normalized spacial score (nSPS) is 22.8. The van der Waals surface area contributed by atoms with Gasteiger partial charge in [-0.1, -0.05) is 12.1 Å². The second-order valence-electron chi connectivity index (χ2n) is 5.26. The van der Waals surface area contributed by atoms with Gasteiger partial charge in [0, 0.05) is 24.9 Å². The number of amides is 2. The van der Waals surface area contributed by atoms with Gasteiger partial charge in [0.05, 0.1) is 6.10 Å². The zero-order valence-electron chi connectivity index (χ0n) is 12.3. The number of carbonyl (C=O) groups is 1. The topological polar surface area (TPSA) is 62.4 Å².